The van der Waals surface area contributed by atoms with E-state index in [1.165, 1.54) is 6.42 Å². The number of hydrogen-bond acceptors (Lipinski definition) is 2. The molecule has 0 bridgehead atoms. The summed E-state index contributed by atoms with van der Waals surface area (Å²) in [5, 5.41) is 0.647. The number of hydrogen-bond donors (Lipinski definition) is 0. The fourth-order valence-corrected chi connectivity index (χ4v) is 3.43. The summed E-state index contributed by atoms with van der Waals surface area (Å²) in [6.07, 6.45) is 1.88. The Labute approximate surface area is 123 Å². The van der Waals surface area contributed by atoms with Gasteiger partial charge >= 0.3 is 0 Å². The summed E-state index contributed by atoms with van der Waals surface area (Å²) in [6.45, 7) is 15.5. The molecule has 0 aromatic heterocycles. The molecule has 0 radical (unpaired) electrons. The highest BCUT2D eigenvalue weighted by molar-refractivity contribution is 7.99. The molecule has 0 N–H and O–H groups in total. The zero-order valence-corrected chi connectivity index (χ0v) is 14.3. The first kappa shape index (κ1) is 16.9. The Kier molecular flexibility index (Phi) is 6.22. The van der Waals surface area contributed by atoms with E-state index in [0.29, 0.717) is 34.8 Å². The van der Waals surface area contributed by atoms with Gasteiger partial charge in [0.25, 0.3) is 0 Å². The SMILES string of the molecule is CC(C)C(C)SCCC(=O)N1CCC(C(C)(C)C)C1. The van der Waals surface area contributed by atoms with Crippen LogP contribution in [-0.4, -0.2) is 34.9 Å². The molecule has 0 spiro atoms. The number of rotatable bonds is 5. The highest BCUT2D eigenvalue weighted by atomic mass is 32.2. The van der Waals surface area contributed by atoms with E-state index < -0.39 is 0 Å². The minimum atomic E-state index is 0.329. The van der Waals surface area contributed by atoms with Gasteiger partial charge in [0.05, 0.1) is 0 Å². The highest BCUT2D eigenvalue weighted by Gasteiger charge is 2.33. The summed E-state index contributed by atoms with van der Waals surface area (Å²) in [4.78, 5) is 14.3. The highest BCUT2D eigenvalue weighted by Crippen LogP contribution is 2.33. The number of carbonyl (C=O) groups excluding carboxylic acids is 1. The second-order valence-corrected chi connectivity index (χ2v) is 8.75. The molecule has 1 heterocycles. The van der Waals surface area contributed by atoms with Crippen LogP contribution < -0.4 is 0 Å². The lowest BCUT2D eigenvalue weighted by atomic mass is 9.80. The number of amides is 1. The van der Waals surface area contributed by atoms with Gasteiger partial charge in [-0.05, 0) is 23.7 Å². The normalized spacial score (nSPS) is 22.1. The van der Waals surface area contributed by atoms with E-state index in [9.17, 15) is 4.79 Å². The minimum absolute atomic E-state index is 0.329. The largest absolute Gasteiger partial charge is 0.342 e. The number of nitrogens with zero attached hydrogens (tertiary/aromatic N) is 1. The van der Waals surface area contributed by atoms with E-state index in [4.69, 9.17) is 0 Å². The Hall–Kier alpha value is -0.180. The predicted octanol–water partition coefficient (Wildman–Crippen LogP) is 4.05. The van der Waals surface area contributed by atoms with E-state index in [0.717, 1.165) is 18.8 Å². The molecule has 1 fully saturated rings. The first-order valence-electron chi connectivity index (χ1n) is 7.61. The average molecular weight is 285 g/mol. The van der Waals surface area contributed by atoms with Gasteiger partial charge in [0.2, 0.25) is 5.91 Å². The smallest absolute Gasteiger partial charge is 0.223 e. The quantitative estimate of drug-likeness (QED) is 0.759. The Morgan fingerprint density at radius 2 is 1.95 bits per heavy atom. The van der Waals surface area contributed by atoms with E-state index in [2.05, 4.69) is 46.4 Å². The summed E-state index contributed by atoms with van der Waals surface area (Å²) in [6, 6.07) is 0. The van der Waals surface area contributed by atoms with Crippen molar-refractivity contribution in [2.45, 2.75) is 59.6 Å². The minimum Gasteiger partial charge on any atom is -0.342 e. The van der Waals surface area contributed by atoms with Gasteiger partial charge in [0.1, 0.15) is 0 Å². The van der Waals surface area contributed by atoms with Crippen LogP contribution in [0, 0.1) is 17.3 Å². The monoisotopic (exact) mass is 285 g/mol. The maximum atomic E-state index is 12.2. The second kappa shape index (κ2) is 7.01. The van der Waals surface area contributed by atoms with Gasteiger partial charge in [-0.2, -0.15) is 11.8 Å². The first-order valence-corrected chi connectivity index (χ1v) is 8.66. The van der Waals surface area contributed by atoms with Crippen LogP contribution in [0.15, 0.2) is 0 Å². The molecule has 0 saturated carbocycles. The van der Waals surface area contributed by atoms with Crippen LogP contribution in [-0.2, 0) is 4.79 Å². The van der Waals surface area contributed by atoms with Crippen molar-refractivity contribution in [1.82, 2.24) is 4.90 Å². The number of carbonyl (C=O) groups is 1. The van der Waals surface area contributed by atoms with Crippen molar-refractivity contribution in [3.63, 3.8) is 0 Å². The van der Waals surface area contributed by atoms with Crippen molar-refractivity contribution in [1.29, 1.82) is 0 Å². The molecule has 112 valence electrons. The number of thioether (sulfide) groups is 1. The third kappa shape index (κ3) is 5.37. The van der Waals surface area contributed by atoms with Gasteiger partial charge in [-0.1, -0.05) is 41.5 Å². The zero-order chi connectivity index (χ0) is 14.6. The van der Waals surface area contributed by atoms with E-state index in [1.54, 1.807) is 0 Å². The maximum absolute atomic E-state index is 12.2. The molecule has 1 amide bonds. The first-order chi connectivity index (χ1) is 8.71. The number of likely N-dealkylation sites (tertiary alicyclic amines) is 1. The summed E-state index contributed by atoms with van der Waals surface area (Å²) < 4.78 is 0. The Bertz CT molecular complexity index is 296. The predicted molar refractivity (Wildman–Crippen MR) is 85.5 cm³/mol. The molecule has 0 aromatic carbocycles. The molecule has 0 aliphatic carbocycles. The molecule has 2 unspecified atom stereocenters. The van der Waals surface area contributed by atoms with Gasteiger partial charge in [-0.3, -0.25) is 4.79 Å². The van der Waals surface area contributed by atoms with Crippen molar-refractivity contribution in [3.05, 3.63) is 0 Å². The molecule has 19 heavy (non-hydrogen) atoms. The molecule has 2 nitrogen and oxygen atoms in total. The van der Waals surface area contributed by atoms with Crippen molar-refractivity contribution in [2.75, 3.05) is 18.8 Å². The molecular weight excluding hydrogens is 254 g/mol. The van der Waals surface area contributed by atoms with Crippen LogP contribution in [0.5, 0.6) is 0 Å². The standard InChI is InChI=1S/C16H31NOS/c1-12(2)13(3)19-10-8-15(18)17-9-7-14(11-17)16(4,5)6/h12-14H,7-11H2,1-6H3. The molecule has 3 heteroatoms. The second-order valence-electron chi connectivity index (χ2n) is 7.26. The lowest BCUT2D eigenvalue weighted by Crippen LogP contribution is -2.31. The summed E-state index contributed by atoms with van der Waals surface area (Å²) >= 11 is 1.93. The fourth-order valence-electron chi connectivity index (χ4n) is 2.38. The van der Waals surface area contributed by atoms with Gasteiger partial charge in [0.15, 0.2) is 0 Å². The van der Waals surface area contributed by atoms with Crippen molar-refractivity contribution < 1.29 is 4.79 Å². The van der Waals surface area contributed by atoms with E-state index >= 15 is 0 Å². The average Bonchev–Trinajstić information content (AvgIpc) is 2.77. The molecule has 0 aromatic rings. The summed E-state index contributed by atoms with van der Waals surface area (Å²) in [7, 11) is 0. The maximum Gasteiger partial charge on any atom is 0.223 e. The summed E-state index contributed by atoms with van der Waals surface area (Å²) in [5.41, 5.74) is 0.329. The van der Waals surface area contributed by atoms with Crippen molar-refractivity contribution >= 4 is 17.7 Å². The topological polar surface area (TPSA) is 20.3 Å². The van der Waals surface area contributed by atoms with Crippen molar-refractivity contribution in [2.24, 2.45) is 17.3 Å². The van der Waals surface area contributed by atoms with Gasteiger partial charge < -0.3 is 4.90 Å². The molecule has 1 saturated heterocycles. The van der Waals surface area contributed by atoms with Crippen LogP contribution in [0.3, 0.4) is 0 Å². The Morgan fingerprint density at radius 3 is 2.42 bits per heavy atom. The van der Waals surface area contributed by atoms with E-state index in [-0.39, 0.29) is 0 Å². The lowest BCUT2D eigenvalue weighted by Gasteiger charge is -2.27. The van der Waals surface area contributed by atoms with Gasteiger partial charge in [0, 0.05) is 30.5 Å². The fraction of sp³-hybridized carbons (Fsp3) is 0.938. The Morgan fingerprint density at radius 1 is 1.32 bits per heavy atom. The molecule has 1 rings (SSSR count). The Balaban J connectivity index is 2.28. The zero-order valence-electron chi connectivity index (χ0n) is 13.5. The molecule has 1 aliphatic rings. The summed E-state index contributed by atoms with van der Waals surface area (Å²) in [5.74, 6) is 2.68. The van der Waals surface area contributed by atoms with Gasteiger partial charge in [-0.25, -0.2) is 0 Å². The van der Waals surface area contributed by atoms with Crippen LogP contribution in [0.2, 0.25) is 0 Å². The van der Waals surface area contributed by atoms with Crippen molar-refractivity contribution in [3.8, 4) is 0 Å². The molecular formula is C16H31NOS. The molecule has 1 aliphatic heterocycles. The van der Waals surface area contributed by atoms with Crippen LogP contribution in [0.1, 0.15) is 54.4 Å². The van der Waals surface area contributed by atoms with E-state index in [1.807, 2.05) is 11.8 Å². The molecule has 2 atom stereocenters. The van der Waals surface area contributed by atoms with Crippen LogP contribution >= 0.6 is 11.8 Å². The van der Waals surface area contributed by atoms with Gasteiger partial charge in [-0.15, -0.1) is 0 Å². The van der Waals surface area contributed by atoms with Crippen LogP contribution in [0.4, 0.5) is 0 Å². The third-order valence-corrected chi connectivity index (χ3v) is 5.91. The van der Waals surface area contributed by atoms with Crippen LogP contribution in [0.25, 0.3) is 0 Å². The lowest BCUT2D eigenvalue weighted by molar-refractivity contribution is -0.129. The third-order valence-electron chi connectivity index (χ3n) is 4.40.